The number of carbonyl (C=O) groups excluding carboxylic acids is 1. The molecule has 0 aromatic carbocycles. The van der Waals surface area contributed by atoms with Crippen molar-refractivity contribution in [3.63, 3.8) is 0 Å². The molecule has 7 nitrogen and oxygen atoms in total. The van der Waals surface area contributed by atoms with Gasteiger partial charge in [0.05, 0.1) is 6.42 Å². The van der Waals surface area contributed by atoms with Crippen LogP contribution in [0.4, 0.5) is 10.6 Å². The Balaban J connectivity index is 1.11. The van der Waals surface area contributed by atoms with Gasteiger partial charge in [0.15, 0.2) is 0 Å². The van der Waals surface area contributed by atoms with Crippen molar-refractivity contribution in [2.75, 3.05) is 31.5 Å². The molecule has 3 N–H and O–H groups in total. The zero-order valence-electron chi connectivity index (χ0n) is 18.2. The second kappa shape index (κ2) is 8.32. The normalized spacial score (nSPS) is 31.0. The fourth-order valence-corrected chi connectivity index (χ4v) is 6.94. The van der Waals surface area contributed by atoms with Crippen LogP contribution in [0.2, 0.25) is 0 Å². The summed E-state index contributed by atoms with van der Waals surface area (Å²) in [5, 5.41) is 15.9. The molecule has 0 spiro atoms. The molecule has 1 aromatic rings. The van der Waals surface area contributed by atoms with Gasteiger partial charge in [-0.2, -0.15) is 0 Å². The van der Waals surface area contributed by atoms with Gasteiger partial charge in [0.25, 0.3) is 0 Å². The van der Waals surface area contributed by atoms with E-state index in [1.165, 1.54) is 12.0 Å². The highest BCUT2D eigenvalue weighted by molar-refractivity contribution is 5.74. The van der Waals surface area contributed by atoms with Crippen LogP contribution in [0.3, 0.4) is 0 Å². The number of anilines is 1. The third-order valence-corrected chi connectivity index (χ3v) is 8.21. The van der Waals surface area contributed by atoms with Crippen molar-refractivity contribution < 1.29 is 14.7 Å². The third-order valence-electron chi connectivity index (χ3n) is 8.21. The molecule has 31 heavy (non-hydrogen) atoms. The van der Waals surface area contributed by atoms with Crippen molar-refractivity contribution in [2.45, 2.75) is 57.8 Å². The van der Waals surface area contributed by atoms with Crippen LogP contribution in [-0.2, 0) is 17.6 Å². The number of rotatable bonds is 6. The number of amides is 2. The monoisotopic (exact) mass is 426 g/mol. The van der Waals surface area contributed by atoms with Crippen molar-refractivity contribution in [2.24, 2.45) is 23.2 Å². The molecule has 168 valence electrons. The average molecular weight is 427 g/mol. The Kier molecular flexibility index (Phi) is 5.52. The third kappa shape index (κ3) is 4.11. The van der Waals surface area contributed by atoms with E-state index in [0.717, 1.165) is 76.1 Å². The van der Waals surface area contributed by atoms with E-state index in [-0.39, 0.29) is 11.4 Å². The van der Waals surface area contributed by atoms with Gasteiger partial charge in [0, 0.05) is 31.9 Å². The van der Waals surface area contributed by atoms with Crippen molar-refractivity contribution in [3.8, 4) is 0 Å². The molecule has 1 saturated heterocycles. The zero-order chi connectivity index (χ0) is 21.4. The van der Waals surface area contributed by atoms with Gasteiger partial charge in [-0.25, -0.2) is 9.78 Å². The summed E-state index contributed by atoms with van der Waals surface area (Å²) >= 11 is 0. The second-order valence-corrected chi connectivity index (χ2v) is 10.2. The lowest BCUT2D eigenvalue weighted by Gasteiger charge is -2.34. The Morgan fingerprint density at radius 1 is 1.32 bits per heavy atom. The lowest BCUT2D eigenvalue weighted by atomic mass is 9.75. The molecule has 0 radical (unpaired) electrons. The quantitative estimate of drug-likeness (QED) is 0.607. The van der Waals surface area contributed by atoms with Crippen LogP contribution in [0, 0.1) is 23.2 Å². The van der Waals surface area contributed by atoms with Crippen LogP contribution >= 0.6 is 0 Å². The van der Waals surface area contributed by atoms with E-state index < -0.39 is 5.97 Å². The fourth-order valence-electron chi connectivity index (χ4n) is 6.94. The SMILES string of the molecule is O=C(O)CC12CCC3CN(C(=O)NCCCc4ccc5c(n4)NCCC5)CC(CC31)C2. The predicted octanol–water partition coefficient (Wildman–Crippen LogP) is 3.29. The highest BCUT2D eigenvalue weighted by Gasteiger charge is 2.57. The van der Waals surface area contributed by atoms with Crippen molar-refractivity contribution in [3.05, 3.63) is 23.4 Å². The number of carbonyl (C=O) groups is 2. The number of carboxylic acid groups (broad SMARTS) is 1. The number of hydrogen-bond donors (Lipinski definition) is 3. The number of fused-ring (bicyclic) bond motifs is 2. The summed E-state index contributed by atoms with van der Waals surface area (Å²) in [4.78, 5) is 31.0. The largest absolute Gasteiger partial charge is 0.481 e. The van der Waals surface area contributed by atoms with Gasteiger partial charge in [-0.1, -0.05) is 6.07 Å². The molecule has 3 heterocycles. The van der Waals surface area contributed by atoms with Crippen LogP contribution in [-0.4, -0.2) is 53.2 Å². The first-order chi connectivity index (χ1) is 15.0. The van der Waals surface area contributed by atoms with Crippen LogP contribution in [0.1, 0.15) is 56.2 Å². The maximum Gasteiger partial charge on any atom is 0.317 e. The summed E-state index contributed by atoms with van der Waals surface area (Å²) < 4.78 is 0. The first kappa shape index (κ1) is 20.6. The van der Waals surface area contributed by atoms with E-state index in [4.69, 9.17) is 4.98 Å². The summed E-state index contributed by atoms with van der Waals surface area (Å²) in [6.45, 7) is 3.21. The first-order valence-electron chi connectivity index (χ1n) is 12.0. The minimum atomic E-state index is -0.661. The summed E-state index contributed by atoms with van der Waals surface area (Å²) in [6.07, 6.45) is 8.46. The van der Waals surface area contributed by atoms with Crippen molar-refractivity contribution in [1.82, 2.24) is 15.2 Å². The van der Waals surface area contributed by atoms with E-state index in [1.807, 2.05) is 4.90 Å². The van der Waals surface area contributed by atoms with Crippen LogP contribution in [0.15, 0.2) is 12.1 Å². The number of urea groups is 1. The van der Waals surface area contributed by atoms with E-state index in [2.05, 4.69) is 22.8 Å². The molecule has 2 aliphatic heterocycles. The molecule has 4 atom stereocenters. The average Bonchev–Trinajstić information content (AvgIpc) is 3.19. The number of nitrogens with one attached hydrogen (secondary N) is 2. The lowest BCUT2D eigenvalue weighted by molar-refractivity contribution is -0.140. The highest BCUT2D eigenvalue weighted by Crippen LogP contribution is 2.62. The first-order valence-corrected chi connectivity index (χ1v) is 12.0. The number of carboxylic acids is 1. The van der Waals surface area contributed by atoms with Crippen LogP contribution < -0.4 is 10.6 Å². The Morgan fingerprint density at radius 3 is 3.10 bits per heavy atom. The number of hydrogen-bond acceptors (Lipinski definition) is 4. The Bertz CT molecular complexity index is 859. The summed E-state index contributed by atoms with van der Waals surface area (Å²) in [5.74, 6) is 1.76. The molecule has 2 saturated carbocycles. The molecular formula is C24H34N4O3. The molecule has 7 heteroatoms. The highest BCUT2D eigenvalue weighted by atomic mass is 16.4. The molecule has 4 aliphatic rings. The molecule has 2 bridgehead atoms. The van der Waals surface area contributed by atoms with E-state index >= 15 is 0 Å². The summed E-state index contributed by atoms with van der Waals surface area (Å²) in [7, 11) is 0. The predicted molar refractivity (Wildman–Crippen MR) is 118 cm³/mol. The number of pyridine rings is 1. The minimum Gasteiger partial charge on any atom is -0.481 e. The standard InChI is InChI=1S/C24H34N4O3/c29-21(30)13-24-8-7-18-15-28(14-16(12-24)11-20(18)24)23(31)26-10-2-4-19-6-5-17-3-1-9-25-22(17)27-19/h5-6,16,18,20H,1-4,7-15H2,(H,25,27)(H,26,31)(H,29,30). The Labute approximate surface area is 184 Å². The van der Waals surface area contributed by atoms with Crippen LogP contribution in [0.25, 0.3) is 0 Å². The molecule has 3 fully saturated rings. The van der Waals surface area contributed by atoms with Gasteiger partial charge in [-0.05, 0) is 86.2 Å². The number of aliphatic carboxylic acids is 1. The van der Waals surface area contributed by atoms with Gasteiger partial charge in [-0.3, -0.25) is 4.79 Å². The topological polar surface area (TPSA) is 94.6 Å². The number of aromatic nitrogens is 1. The Morgan fingerprint density at radius 2 is 2.23 bits per heavy atom. The van der Waals surface area contributed by atoms with Gasteiger partial charge in [0.1, 0.15) is 5.82 Å². The molecular weight excluding hydrogens is 392 g/mol. The molecule has 1 aromatic heterocycles. The summed E-state index contributed by atoms with van der Waals surface area (Å²) in [5.41, 5.74) is 2.38. The van der Waals surface area contributed by atoms with E-state index in [9.17, 15) is 14.7 Å². The summed E-state index contributed by atoms with van der Waals surface area (Å²) in [6, 6.07) is 4.34. The molecule has 4 unspecified atom stereocenters. The molecule has 5 rings (SSSR count). The zero-order valence-corrected chi connectivity index (χ0v) is 18.2. The molecule has 2 amide bonds. The van der Waals surface area contributed by atoms with Crippen LogP contribution in [0.5, 0.6) is 0 Å². The van der Waals surface area contributed by atoms with E-state index in [0.29, 0.717) is 30.7 Å². The smallest absolute Gasteiger partial charge is 0.317 e. The number of nitrogens with zero attached hydrogens (tertiary/aromatic N) is 2. The van der Waals surface area contributed by atoms with Gasteiger partial charge < -0.3 is 20.6 Å². The Hall–Kier alpha value is -2.31. The number of aryl methyl sites for hydroxylation is 2. The van der Waals surface area contributed by atoms with Gasteiger partial charge >= 0.3 is 12.0 Å². The maximum atomic E-state index is 12.9. The van der Waals surface area contributed by atoms with Crippen molar-refractivity contribution in [1.29, 1.82) is 0 Å². The van der Waals surface area contributed by atoms with Gasteiger partial charge in [-0.15, -0.1) is 0 Å². The fraction of sp³-hybridized carbons (Fsp3) is 0.708. The maximum absolute atomic E-state index is 12.9. The number of likely N-dealkylation sites (tertiary alicyclic amines) is 1. The minimum absolute atomic E-state index is 0.000462. The van der Waals surface area contributed by atoms with E-state index in [1.54, 1.807) is 0 Å². The van der Waals surface area contributed by atoms with Crippen molar-refractivity contribution >= 4 is 17.8 Å². The van der Waals surface area contributed by atoms with Gasteiger partial charge in [0.2, 0.25) is 0 Å². The lowest BCUT2D eigenvalue weighted by Crippen LogP contribution is -2.45. The molecule has 2 aliphatic carbocycles. The second-order valence-electron chi connectivity index (χ2n) is 10.2.